The highest BCUT2D eigenvalue weighted by atomic mass is 32.1. The van der Waals surface area contributed by atoms with Crippen LogP contribution in [0.15, 0.2) is 18.2 Å². The predicted molar refractivity (Wildman–Crippen MR) is 96.2 cm³/mol. The lowest BCUT2D eigenvalue weighted by molar-refractivity contribution is 0.247. The maximum absolute atomic E-state index is 6.11. The van der Waals surface area contributed by atoms with Gasteiger partial charge in [-0.3, -0.25) is 9.67 Å². The van der Waals surface area contributed by atoms with E-state index in [1.165, 1.54) is 0 Å². The minimum absolute atomic E-state index is 0.0646. The minimum atomic E-state index is 0.0646. The highest BCUT2D eigenvalue weighted by Gasteiger charge is 2.21. The molecule has 0 spiro atoms. The summed E-state index contributed by atoms with van der Waals surface area (Å²) in [5, 5.41) is 8.32. The average Bonchev–Trinajstić information content (AvgIpc) is 3.06. The summed E-state index contributed by atoms with van der Waals surface area (Å²) in [6.45, 7) is 6.84. The summed E-state index contributed by atoms with van der Waals surface area (Å²) >= 11 is 6.96. The van der Waals surface area contributed by atoms with Crippen LogP contribution in [-0.4, -0.2) is 28.0 Å². The van der Waals surface area contributed by atoms with Crippen molar-refractivity contribution >= 4 is 33.6 Å². The van der Waals surface area contributed by atoms with Crippen LogP contribution in [-0.2, 0) is 6.54 Å². The summed E-state index contributed by atoms with van der Waals surface area (Å²) in [5.41, 5.74) is 0. The van der Waals surface area contributed by atoms with E-state index in [1.54, 1.807) is 18.4 Å². The first kappa shape index (κ1) is 16.0. The van der Waals surface area contributed by atoms with E-state index >= 15 is 0 Å². The molecule has 0 bridgehead atoms. The molecular weight excluding hydrogens is 330 g/mol. The van der Waals surface area contributed by atoms with Crippen LogP contribution in [0.3, 0.4) is 0 Å². The number of hydrogen-bond acceptors (Lipinski definition) is 5. The molecule has 1 aromatic carbocycles. The molecule has 3 aromatic rings. The summed E-state index contributed by atoms with van der Waals surface area (Å²) in [5.74, 6) is 2.46. The van der Waals surface area contributed by atoms with E-state index < -0.39 is 0 Å². The normalized spacial score (nSPS) is 11.3. The first-order chi connectivity index (χ1) is 11.0. The fraction of sp³-hybridized carbons (Fsp3) is 0.375. The molecule has 23 heavy (non-hydrogen) atoms. The Morgan fingerprint density at radius 1 is 1.39 bits per heavy atom. The quantitative estimate of drug-likeness (QED) is 0.682. The molecule has 0 aliphatic heterocycles. The highest BCUT2D eigenvalue weighted by Crippen LogP contribution is 2.45. The van der Waals surface area contributed by atoms with E-state index in [2.05, 4.69) is 10.2 Å². The lowest BCUT2D eigenvalue weighted by Gasteiger charge is -2.11. The molecule has 0 aliphatic rings. The van der Waals surface area contributed by atoms with Gasteiger partial charge in [-0.25, -0.2) is 0 Å². The van der Waals surface area contributed by atoms with E-state index in [0.29, 0.717) is 4.77 Å². The molecule has 122 valence electrons. The molecule has 0 radical (unpaired) electrons. The zero-order valence-corrected chi connectivity index (χ0v) is 15.2. The van der Waals surface area contributed by atoms with Crippen molar-refractivity contribution in [2.75, 3.05) is 7.11 Å². The third-order valence-corrected chi connectivity index (χ3v) is 4.94. The number of fused-ring (bicyclic) bond motifs is 1. The summed E-state index contributed by atoms with van der Waals surface area (Å²) < 4.78 is 15.2. The molecule has 0 aliphatic carbocycles. The van der Waals surface area contributed by atoms with Crippen LogP contribution in [0.4, 0.5) is 0 Å². The fourth-order valence-corrected chi connectivity index (χ4v) is 3.84. The Morgan fingerprint density at radius 2 is 2.17 bits per heavy atom. The second-order valence-corrected chi connectivity index (χ2v) is 6.82. The van der Waals surface area contributed by atoms with E-state index in [4.69, 9.17) is 21.7 Å². The average molecular weight is 349 g/mol. The molecule has 5 nitrogen and oxygen atoms in total. The second kappa shape index (κ2) is 6.33. The number of aromatic amines is 1. The van der Waals surface area contributed by atoms with Crippen molar-refractivity contribution in [2.24, 2.45) is 0 Å². The van der Waals surface area contributed by atoms with E-state index in [0.717, 1.165) is 38.8 Å². The molecule has 0 amide bonds. The monoisotopic (exact) mass is 349 g/mol. The second-order valence-electron chi connectivity index (χ2n) is 5.39. The lowest BCUT2D eigenvalue weighted by atomic mass is 10.2. The molecule has 7 heteroatoms. The van der Waals surface area contributed by atoms with Crippen molar-refractivity contribution in [3.63, 3.8) is 0 Å². The van der Waals surface area contributed by atoms with Gasteiger partial charge in [0.25, 0.3) is 0 Å². The molecule has 0 atom stereocenters. The van der Waals surface area contributed by atoms with Crippen LogP contribution in [0.25, 0.3) is 20.8 Å². The lowest BCUT2D eigenvalue weighted by Crippen LogP contribution is -2.06. The molecule has 0 saturated carbocycles. The molecular formula is C16H19N3O2S2. The Morgan fingerprint density at radius 3 is 2.83 bits per heavy atom. The minimum Gasteiger partial charge on any atom is -0.497 e. The largest absolute Gasteiger partial charge is 0.497 e. The van der Waals surface area contributed by atoms with Crippen molar-refractivity contribution in [3.8, 4) is 22.2 Å². The van der Waals surface area contributed by atoms with Crippen LogP contribution < -0.4 is 9.47 Å². The van der Waals surface area contributed by atoms with Gasteiger partial charge in [-0.2, -0.15) is 5.10 Å². The van der Waals surface area contributed by atoms with E-state index in [-0.39, 0.29) is 6.10 Å². The molecule has 3 rings (SSSR count). The number of hydrogen-bond donors (Lipinski definition) is 1. The fourth-order valence-electron chi connectivity index (χ4n) is 2.47. The zero-order chi connectivity index (χ0) is 16.6. The Labute approximate surface area is 143 Å². The van der Waals surface area contributed by atoms with Crippen LogP contribution in [0.2, 0.25) is 0 Å². The topological polar surface area (TPSA) is 52.1 Å². The van der Waals surface area contributed by atoms with Gasteiger partial charge in [-0.15, -0.1) is 11.3 Å². The van der Waals surface area contributed by atoms with Crippen LogP contribution in [0.5, 0.6) is 11.5 Å². The number of aromatic nitrogens is 3. The molecule has 2 aromatic heterocycles. The number of benzene rings is 1. The van der Waals surface area contributed by atoms with E-state index in [1.807, 2.05) is 43.5 Å². The van der Waals surface area contributed by atoms with Crippen LogP contribution in [0, 0.1) is 4.77 Å². The summed E-state index contributed by atoms with van der Waals surface area (Å²) in [7, 11) is 1.67. The maximum Gasteiger partial charge on any atom is 0.195 e. The van der Waals surface area contributed by atoms with Gasteiger partial charge in [0.15, 0.2) is 10.6 Å². The predicted octanol–water partition coefficient (Wildman–Crippen LogP) is 4.64. The number of ether oxygens (including phenoxy) is 2. The standard InChI is InChI=1S/C16H19N3O2S2/c1-5-19-15(17-18-16(19)22)14-13(21-9(2)3)11-8-10(20-4)6-7-12(11)23-14/h6-9H,5H2,1-4H3,(H,18,22). The summed E-state index contributed by atoms with van der Waals surface area (Å²) in [4.78, 5) is 0.983. The van der Waals surface area contributed by atoms with Crippen molar-refractivity contribution in [2.45, 2.75) is 33.4 Å². The summed E-state index contributed by atoms with van der Waals surface area (Å²) in [6, 6.07) is 6.01. The van der Waals surface area contributed by atoms with Gasteiger partial charge in [-0.05, 0) is 51.2 Å². The Balaban J connectivity index is 2.28. The SMILES string of the molecule is CCn1c(-c2sc3ccc(OC)cc3c2OC(C)C)n[nH]c1=S. The van der Waals surface area contributed by atoms with Gasteiger partial charge in [-0.1, -0.05) is 0 Å². The molecule has 0 fully saturated rings. The highest BCUT2D eigenvalue weighted by molar-refractivity contribution is 7.71. The number of nitrogens with zero attached hydrogens (tertiary/aromatic N) is 2. The molecule has 0 unspecified atom stereocenters. The third-order valence-electron chi connectivity index (χ3n) is 3.48. The zero-order valence-electron chi connectivity index (χ0n) is 13.5. The number of methoxy groups -OCH3 is 1. The van der Waals surface area contributed by atoms with Gasteiger partial charge in [0, 0.05) is 16.6 Å². The van der Waals surface area contributed by atoms with Crippen molar-refractivity contribution in [1.82, 2.24) is 14.8 Å². The smallest absolute Gasteiger partial charge is 0.195 e. The van der Waals surface area contributed by atoms with Gasteiger partial charge in [0.05, 0.1) is 13.2 Å². The molecule has 2 heterocycles. The van der Waals surface area contributed by atoms with Gasteiger partial charge >= 0.3 is 0 Å². The van der Waals surface area contributed by atoms with Crippen LogP contribution >= 0.6 is 23.6 Å². The van der Waals surface area contributed by atoms with Crippen molar-refractivity contribution in [3.05, 3.63) is 23.0 Å². The molecule has 1 N–H and O–H groups in total. The summed E-state index contributed by atoms with van der Waals surface area (Å²) in [6.07, 6.45) is 0.0646. The molecule has 0 saturated heterocycles. The first-order valence-corrected chi connectivity index (χ1v) is 8.70. The maximum atomic E-state index is 6.11. The number of rotatable bonds is 5. The number of nitrogens with one attached hydrogen (secondary N) is 1. The Hall–Kier alpha value is -1.86. The number of thiophene rings is 1. The van der Waals surface area contributed by atoms with Gasteiger partial charge in [0.1, 0.15) is 16.4 Å². The van der Waals surface area contributed by atoms with Crippen LogP contribution in [0.1, 0.15) is 20.8 Å². The van der Waals surface area contributed by atoms with E-state index in [9.17, 15) is 0 Å². The Kier molecular flexibility index (Phi) is 4.41. The van der Waals surface area contributed by atoms with Crippen molar-refractivity contribution in [1.29, 1.82) is 0 Å². The third kappa shape index (κ3) is 2.86. The number of H-pyrrole nitrogens is 1. The van der Waals surface area contributed by atoms with Gasteiger partial charge < -0.3 is 9.47 Å². The Bertz CT molecular complexity index is 892. The van der Waals surface area contributed by atoms with Gasteiger partial charge in [0.2, 0.25) is 0 Å². The van der Waals surface area contributed by atoms with Crippen molar-refractivity contribution < 1.29 is 9.47 Å². The first-order valence-electron chi connectivity index (χ1n) is 7.48.